The molecule has 1 aromatic rings. The number of rotatable bonds is 4. The van der Waals surface area contributed by atoms with Crippen molar-refractivity contribution in [2.45, 2.75) is 51.6 Å². The largest absolute Gasteiger partial charge is 0.480 e. The summed E-state index contributed by atoms with van der Waals surface area (Å²) in [5, 5.41) is 11.8. The minimum Gasteiger partial charge on any atom is -0.480 e. The van der Waals surface area contributed by atoms with Crippen LogP contribution in [0, 0.1) is 18.3 Å². The molecule has 1 amide bonds. The molecule has 2 saturated heterocycles. The average Bonchev–Trinajstić information content (AvgIpc) is 3.28. The molecule has 1 unspecified atom stereocenters. The van der Waals surface area contributed by atoms with Crippen LogP contribution in [0.3, 0.4) is 0 Å². The van der Waals surface area contributed by atoms with Gasteiger partial charge in [-0.15, -0.1) is 11.3 Å². The Bertz CT molecular complexity index is 674. The molecule has 0 aromatic carbocycles. The van der Waals surface area contributed by atoms with Gasteiger partial charge < -0.3 is 10.0 Å². The molecule has 1 saturated carbocycles. The third-order valence-electron chi connectivity index (χ3n) is 6.27. The lowest BCUT2D eigenvalue weighted by molar-refractivity contribution is -0.142. The van der Waals surface area contributed by atoms with Gasteiger partial charge in [-0.2, -0.15) is 0 Å². The molecular weight excluding hydrogens is 336 g/mol. The minimum absolute atomic E-state index is 0.0640. The molecule has 0 radical (unpaired) electrons. The highest BCUT2D eigenvalue weighted by Crippen LogP contribution is 2.45. The minimum atomic E-state index is -0.706. The first-order chi connectivity index (χ1) is 12.0. The molecule has 3 fully saturated rings. The van der Waals surface area contributed by atoms with Gasteiger partial charge >= 0.3 is 5.97 Å². The van der Waals surface area contributed by atoms with Gasteiger partial charge in [0.25, 0.3) is 0 Å². The zero-order chi connectivity index (χ0) is 17.6. The Morgan fingerprint density at radius 1 is 1.32 bits per heavy atom. The number of carboxylic acid groups (broad SMARTS) is 1. The summed E-state index contributed by atoms with van der Waals surface area (Å²) in [6.07, 6.45) is 4.70. The van der Waals surface area contributed by atoms with Gasteiger partial charge in [0.1, 0.15) is 6.04 Å². The number of thiophene rings is 1. The number of hydrogen-bond donors (Lipinski definition) is 1. The van der Waals surface area contributed by atoms with E-state index in [-0.39, 0.29) is 11.3 Å². The van der Waals surface area contributed by atoms with E-state index < -0.39 is 12.0 Å². The SMILES string of the molecule is Cc1ccsc1CN1CC2(CCN(C(=O)C3CC3)CC2)CC1C(=O)O. The number of aliphatic carboxylic acids is 1. The smallest absolute Gasteiger partial charge is 0.320 e. The molecule has 1 spiro atoms. The van der Waals surface area contributed by atoms with E-state index in [4.69, 9.17) is 0 Å². The second-order valence-corrected chi connectivity index (χ2v) is 9.09. The maximum atomic E-state index is 12.3. The van der Waals surface area contributed by atoms with E-state index in [1.54, 1.807) is 11.3 Å². The van der Waals surface area contributed by atoms with Crippen LogP contribution >= 0.6 is 11.3 Å². The van der Waals surface area contributed by atoms with Crippen LogP contribution in [-0.2, 0) is 16.1 Å². The van der Waals surface area contributed by atoms with Crippen molar-refractivity contribution in [2.75, 3.05) is 19.6 Å². The number of piperidine rings is 1. The number of carboxylic acids is 1. The number of aryl methyl sites for hydroxylation is 1. The van der Waals surface area contributed by atoms with Crippen LogP contribution in [-0.4, -0.2) is 52.5 Å². The summed E-state index contributed by atoms with van der Waals surface area (Å²) < 4.78 is 0. The molecule has 0 bridgehead atoms. The zero-order valence-corrected chi connectivity index (χ0v) is 15.6. The molecule has 3 aliphatic rings. The third kappa shape index (κ3) is 3.34. The molecule has 3 heterocycles. The van der Waals surface area contributed by atoms with E-state index in [0.29, 0.717) is 5.91 Å². The van der Waals surface area contributed by atoms with E-state index in [9.17, 15) is 14.7 Å². The fraction of sp³-hybridized carbons (Fsp3) is 0.684. The maximum absolute atomic E-state index is 12.3. The van der Waals surface area contributed by atoms with Gasteiger partial charge in [0.05, 0.1) is 0 Å². The monoisotopic (exact) mass is 362 g/mol. The normalized spacial score (nSPS) is 26.3. The lowest BCUT2D eigenvalue weighted by Gasteiger charge is -2.39. The van der Waals surface area contributed by atoms with Gasteiger partial charge in [0, 0.05) is 37.0 Å². The number of likely N-dealkylation sites (tertiary alicyclic amines) is 2. The molecule has 2 aliphatic heterocycles. The Balaban J connectivity index is 1.44. The van der Waals surface area contributed by atoms with Crippen molar-refractivity contribution in [2.24, 2.45) is 11.3 Å². The highest BCUT2D eigenvalue weighted by molar-refractivity contribution is 7.10. The lowest BCUT2D eigenvalue weighted by atomic mass is 9.76. The fourth-order valence-electron chi connectivity index (χ4n) is 4.46. The van der Waals surface area contributed by atoms with E-state index in [0.717, 1.165) is 58.3 Å². The Hall–Kier alpha value is -1.40. The topological polar surface area (TPSA) is 60.9 Å². The number of carbonyl (C=O) groups is 2. The van der Waals surface area contributed by atoms with Crippen LogP contribution in [0.1, 0.15) is 42.5 Å². The maximum Gasteiger partial charge on any atom is 0.320 e. The fourth-order valence-corrected chi connectivity index (χ4v) is 5.39. The van der Waals surface area contributed by atoms with Gasteiger partial charge in [-0.25, -0.2) is 0 Å². The summed E-state index contributed by atoms with van der Waals surface area (Å²) >= 11 is 1.71. The molecule has 5 nitrogen and oxygen atoms in total. The van der Waals surface area contributed by atoms with E-state index >= 15 is 0 Å². The van der Waals surface area contributed by atoms with Gasteiger partial charge in [-0.05, 0) is 61.5 Å². The molecule has 6 heteroatoms. The van der Waals surface area contributed by atoms with E-state index in [1.165, 1.54) is 10.4 Å². The summed E-state index contributed by atoms with van der Waals surface area (Å²) in [6, 6.07) is 1.70. The van der Waals surface area contributed by atoms with Crippen LogP contribution < -0.4 is 0 Å². The van der Waals surface area contributed by atoms with Gasteiger partial charge in [0.15, 0.2) is 0 Å². The van der Waals surface area contributed by atoms with Crippen LogP contribution in [0.4, 0.5) is 0 Å². The molecule has 1 atom stereocenters. The first kappa shape index (κ1) is 17.0. The van der Waals surface area contributed by atoms with Crippen molar-refractivity contribution in [1.82, 2.24) is 9.80 Å². The van der Waals surface area contributed by atoms with Crippen molar-refractivity contribution in [3.05, 3.63) is 21.9 Å². The predicted octanol–water partition coefficient (Wildman–Crippen LogP) is 2.73. The van der Waals surface area contributed by atoms with Gasteiger partial charge in [-0.3, -0.25) is 14.5 Å². The van der Waals surface area contributed by atoms with E-state index in [2.05, 4.69) is 23.3 Å². The number of carbonyl (C=O) groups excluding carboxylic acids is 1. The number of amides is 1. The standard InChI is InChI=1S/C19H26N2O3S/c1-13-4-9-25-16(13)11-21-12-19(10-15(21)18(23)24)5-7-20(8-6-19)17(22)14-2-3-14/h4,9,14-15H,2-3,5-8,10-12H2,1H3,(H,23,24). The lowest BCUT2D eigenvalue weighted by Crippen LogP contribution is -2.44. The van der Waals surface area contributed by atoms with Crippen molar-refractivity contribution in [1.29, 1.82) is 0 Å². The number of hydrogen-bond acceptors (Lipinski definition) is 4. The second kappa shape index (κ2) is 6.40. The first-order valence-corrected chi connectivity index (χ1v) is 10.1. The summed E-state index contributed by atoms with van der Waals surface area (Å²) in [5.41, 5.74) is 1.31. The Morgan fingerprint density at radius 2 is 2.04 bits per heavy atom. The summed E-state index contributed by atoms with van der Waals surface area (Å²) in [5.74, 6) is -0.0982. The molecule has 25 heavy (non-hydrogen) atoms. The zero-order valence-electron chi connectivity index (χ0n) is 14.7. The molecule has 4 rings (SSSR count). The summed E-state index contributed by atoms with van der Waals surface area (Å²) in [7, 11) is 0. The van der Waals surface area contributed by atoms with Crippen molar-refractivity contribution in [3.63, 3.8) is 0 Å². The van der Waals surface area contributed by atoms with Gasteiger partial charge in [0.2, 0.25) is 5.91 Å². The molecule has 1 N–H and O–H groups in total. The highest BCUT2D eigenvalue weighted by Gasteiger charge is 2.49. The van der Waals surface area contributed by atoms with Crippen molar-refractivity contribution in [3.8, 4) is 0 Å². The van der Waals surface area contributed by atoms with Crippen molar-refractivity contribution >= 4 is 23.2 Å². The average molecular weight is 362 g/mol. The van der Waals surface area contributed by atoms with Crippen LogP contribution in [0.2, 0.25) is 0 Å². The summed E-state index contributed by atoms with van der Waals surface area (Å²) in [4.78, 5) is 29.5. The van der Waals surface area contributed by atoms with Crippen LogP contribution in [0.5, 0.6) is 0 Å². The number of nitrogens with zero attached hydrogens (tertiary/aromatic N) is 2. The Kier molecular flexibility index (Phi) is 4.36. The van der Waals surface area contributed by atoms with Gasteiger partial charge in [-0.1, -0.05) is 0 Å². The second-order valence-electron chi connectivity index (χ2n) is 8.09. The molecule has 1 aliphatic carbocycles. The molecule has 136 valence electrons. The predicted molar refractivity (Wildman–Crippen MR) is 96.5 cm³/mol. The summed E-state index contributed by atoms with van der Waals surface area (Å²) in [6.45, 7) is 5.26. The molecular formula is C19H26N2O3S. The van der Waals surface area contributed by atoms with E-state index in [1.807, 2.05) is 4.90 Å². The first-order valence-electron chi connectivity index (χ1n) is 9.26. The quantitative estimate of drug-likeness (QED) is 0.895. The Morgan fingerprint density at radius 3 is 2.60 bits per heavy atom. The molecule has 1 aromatic heterocycles. The van der Waals surface area contributed by atoms with Crippen LogP contribution in [0.25, 0.3) is 0 Å². The highest BCUT2D eigenvalue weighted by atomic mass is 32.1. The third-order valence-corrected chi connectivity index (χ3v) is 7.28. The van der Waals surface area contributed by atoms with Crippen LogP contribution in [0.15, 0.2) is 11.4 Å². The van der Waals surface area contributed by atoms with Crippen molar-refractivity contribution < 1.29 is 14.7 Å². The Labute approximate surface area is 152 Å².